The maximum absolute atomic E-state index is 11.3. The second-order valence-corrected chi connectivity index (χ2v) is 5.37. The molecule has 3 heteroatoms. The molecule has 0 spiro atoms. The van der Waals surface area contributed by atoms with E-state index in [1.54, 1.807) is 0 Å². The Balaban J connectivity index is 3.82. The second kappa shape index (κ2) is 14.6. The lowest BCUT2D eigenvalue weighted by molar-refractivity contribution is -0.184. The van der Waals surface area contributed by atoms with Gasteiger partial charge in [0, 0.05) is 19.2 Å². The fraction of sp³-hybridized carbons (Fsp3) is 0.824. The molecule has 0 aromatic rings. The van der Waals surface area contributed by atoms with Crippen LogP contribution in [0, 0.1) is 0 Å². The molecule has 0 aliphatic heterocycles. The Kier molecular flexibility index (Phi) is 14.0. The summed E-state index contributed by atoms with van der Waals surface area (Å²) >= 11 is 0. The van der Waals surface area contributed by atoms with Crippen molar-refractivity contribution in [2.75, 3.05) is 13.1 Å². The molecule has 0 aromatic heterocycles. The topological polar surface area (TPSA) is 29.5 Å². The van der Waals surface area contributed by atoms with E-state index in [4.69, 9.17) is 4.84 Å². The highest BCUT2D eigenvalue weighted by molar-refractivity contribution is 5.80. The van der Waals surface area contributed by atoms with E-state index in [0.717, 1.165) is 25.9 Å². The van der Waals surface area contributed by atoms with Gasteiger partial charge in [-0.25, -0.2) is 4.79 Å². The molecule has 0 amide bonds. The highest BCUT2D eigenvalue weighted by Gasteiger charge is 2.08. The smallest absolute Gasteiger partial charge is 0.349 e. The number of carbonyl (C=O) groups is 1. The third-order valence-corrected chi connectivity index (χ3v) is 3.41. The maximum atomic E-state index is 11.3. The summed E-state index contributed by atoms with van der Waals surface area (Å²) in [7, 11) is 0. The van der Waals surface area contributed by atoms with E-state index in [1.807, 2.05) is 5.06 Å². The summed E-state index contributed by atoms with van der Waals surface area (Å²) in [5.41, 5.74) is 0. The standard InChI is InChI=1S/C17H33NO2/c1-4-7-9-11-13-15-18(20-17(19)6-3)16-14-12-10-8-5-2/h6H,3-5,7-16H2,1-2H3. The minimum atomic E-state index is -0.341. The first-order chi connectivity index (χ1) is 9.74. The number of carbonyl (C=O) groups excluding carboxylic acids is 1. The molecular weight excluding hydrogens is 250 g/mol. The van der Waals surface area contributed by atoms with Gasteiger partial charge in [0.1, 0.15) is 0 Å². The zero-order valence-corrected chi connectivity index (χ0v) is 13.5. The van der Waals surface area contributed by atoms with Crippen molar-refractivity contribution in [3.63, 3.8) is 0 Å². The molecule has 0 saturated carbocycles. The number of nitrogens with zero attached hydrogens (tertiary/aromatic N) is 1. The van der Waals surface area contributed by atoms with Crippen LogP contribution < -0.4 is 0 Å². The number of unbranched alkanes of at least 4 members (excludes halogenated alkanes) is 8. The van der Waals surface area contributed by atoms with Gasteiger partial charge in [-0.3, -0.25) is 0 Å². The molecule has 0 aromatic carbocycles. The fourth-order valence-electron chi connectivity index (χ4n) is 2.15. The van der Waals surface area contributed by atoms with Gasteiger partial charge < -0.3 is 4.84 Å². The lowest BCUT2D eigenvalue weighted by atomic mass is 10.1. The molecule has 0 aliphatic carbocycles. The average molecular weight is 283 g/mol. The minimum Gasteiger partial charge on any atom is -0.364 e. The summed E-state index contributed by atoms with van der Waals surface area (Å²) in [6, 6.07) is 0. The third kappa shape index (κ3) is 12.2. The zero-order chi connectivity index (χ0) is 15.1. The molecule has 0 saturated heterocycles. The molecule has 0 bridgehead atoms. The normalized spacial score (nSPS) is 10.8. The molecule has 0 rings (SSSR count). The van der Waals surface area contributed by atoms with E-state index in [-0.39, 0.29) is 5.97 Å². The summed E-state index contributed by atoms with van der Waals surface area (Å²) in [6.45, 7) is 9.58. The van der Waals surface area contributed by atoms with Crippen molar-refractivity contribution < 1.29 is 9.63 Å². The van der Waals surface area contributed by atoms with E-state index < -0.39 is 0 Å². The highest BCUT2D eigenvalue weighted by Crippen LogP contribution is 2.08. The van der Waals surface area contributed by atoms with E-state index in [1.165, 1.54) is 57.4 Å². The average Bonchev–Trinajstić information content (AvgIpc) is 2.46. The van der Waals surface area contributed by atoms with Gasteiger partial charge in [0.2, 0.25) is 0 Å². The molecule has 0 unspecified atom stereocenters. The second-order valence-electron chi connectivity index (χ2n) is 5.37. The third-order valence-electron chi connectivity index (χ3n) is 3.41. The van der Waals surface area contributed by atoms with Crippen LogP contribution in [0.4, 0.5) is 0 Å². The van der Waals surface area contributed by atoms with Gasteiger partial charge in [0.25, 0.3) is 0 Å². The molecule has 0 radical (unpaired) electrons. The van der Waals surface area contributed by atoms with Crippen LogP contribution in [-0.2, 0) is 9.63 Å². The maximum Gasteiger partial charge on any atom is 0.349 e. The lowest BCUT2D eigenvalue weighted by Gasteiger charge is -2.20. The van der Waals surface area contributed by atoms with Crippen molar-refractivity contribution in [3.05, 3.63) is 12.7 Å². The van der Waals surface area contributed by atoms with Gasteiger partial charge in [-0.2, -0.15) is 0 Å². The van der Waals surface area contributed by atoms with Crippen LogP contribution in [0.2, 0.25) is 0 Å². The Labute approximate surface area is 125 Å². The molecule has 118 valence electrons. The van der Waals surface area contributed by atoms with Crippen LogP contribution in [0.3, 0.4) is 0 Å². The number of hydrogen-bond donors (Lipinski definition) is 0. The van der Waals surface area contributed by atoms with Crippen molar-refractivity contribution in [1.82, 2.24) is 5.06 Å². The molecule has 0 aliphatic rings. The SMILES string of the molecule is C=CC(=O)ON(CCCCCCC)CCCCCCC. The van der Waals surface area contributed by atoms with E-state index in [0.29, 0.717) is 0 Å². The van der Waals surface area contributed by atoms with E-state index in [9.17, 15) is 4.79 Å². The fourth-order valence-corrected chi connectivity index (χ4v) is 2.15. The predicted molar refractivity (Wildman–Crippen MR) is 85.4 cm³/mol. The molecule has 0 atom stereocenters. The molecule has 20 heavy (non-hydrogen) atoms. The van der Waals surface area contributed by atoms with Crippen LogP contribution in [0.1, 0.15) is 78.1 Å². The summed E-state index contributed by atoms with van der Waals surface area (Å²) in [5.74, 6) is -0.341. The quantitative estimate of drug-likeness (QED) is 0.259. The first-order valence-electron chi connectivity index (χ1n) is 8.33. The summed E-state index contributed by atoms with van der Waals surface area (Å²) in [4.78, 5) is 16.6. The minimum absolute atomic E-state index is 0.341. The highest BCUT2D eigenvalue weighted by atomic mass is 16.7. The van der Waals surface area contributed by atoms with Crippen molar-refractivity contribution in [1.29, 1.82) is 0 Å². The van der Waals surface area contributed by atoms with Gasteiger partial charge in [-0.1, -0.05) is 71.8 Å². The zero-order valence-electron chi connectivity index (χ0n) is 13.5. The Morgan fingerprint density at radius 1 is 0.900 bits per heavy atom. The first-order valence-corrected chi connectivity index (χ1v) is 8.33. The Bertz CT molecular complexity index is 227. The molecule has 0 N–H and O–H groups in total. The molecule has 3 nitrogen and oxygen atoms in total. The Morgan fingerprint density at radius 3 is 1.75 bits per heavy atom. The van der Waals surface area contributed by atoms with Crippen molar-refractivity contribution in [3.8, 4) is 0 Å². The summed E-state index contributed by atoms with van der Waals surface area (Å²) in [5, 5.41) is 1.82. The lowest BCUT2D eigenvalue weighted by Crippen LogP contribution is -2.28. The van der Waals surface area contributed by atoms with Crippen LogP contribution in [0.25, 0.3) is 0 Å². The van der Waals surface area contributed by atoms with Crippen molar-refractivity contribution in [2.24, 2.45) is 0 Å². The van der Waals surface area contributed by atoms with Crippen molar-refractivity contribution in [2.45, 2.75) is 78.1 Å². The van der Waals surface area contributed by atoms with Gasteiger partial charge >= 0.3 is 5.97 Å². The number of hydrogen-bond acceptors (Lipinski definition) is 3. The molecule has 0 fully saturated rings. The largest absolute Gasteiger partial charge is 0.364 e. The van der Waals surface area contributed by atoms with E-state index >= 15 is 0 Å². The Hall–Kier alpha value is -0.830. The monoisotopic (exact) mass is 283 g/mol. The first kappa shape index (κ1) is 19.2. The Morgan fingerprint density at radius 2 is 1.35 bits per heavy atom. The van der Waals surface area contributed by atoms with Crippen LogP contribution in [0.15, 0.2) is 12.7 Å². The predicted octanol–water partition coefficient (Wildman–Crippen LogP) is 4.87. The van der Waals surface area contributed by atoms with Gasteiger partial charge in [0.05, 0.1) is 0 Å². The van der Waals surface area contributed by atoms with Gasteiger partial charge in [-0.15, -0.1) is 5.06 Å². The molecule has 0 heterocycles. The number of rotatable bonds is 14. The van der Waals surface area contributed by atoms with Crippen LogP contribution >= 0.6 is 0 Å². The van der Waals surface area contributed by atoms with Gasteiger partial charge in [-0.05, 0) is 12.8 Å². The van der Waals surface area contributed by atoms with E-state index in [2.05, 4.69) is 20.4 Å². The van der Waals surface area contributed by atoms with Crippen molar-refractivity contribution >= 4 is 5.97 Å². The van der Waals surface area contributed by atoms with Crippen LogP contribution in [-0.4, -0.2) is 24.1 Å². The van der Waals surface area contributed by atoms with Gasteiger partial charge in [0.15, 0.2) is 0 Å². The number of hydroxylamine groups is 2. The summed E-state index contributed by atoms with van der Waals surface area (Å²) in [6.07, 6.45) is 13.5. The summed E-state index contributed by atoms with van der Waals surface area (Å²) < 4.78 is 0. The van der Waals surface area contributed by atoms with Crippen LogP contribution in [0.5, 0.6) is 0 Å². The molecular formula is C17H33NO2.